The molecule has 1 aromatic rings. The van der Waals surface area contributed by atoms with Crippen LogP contribution in [-0.2, 0) is 9.59 Å². The normalized spacial score (nSPS) is 10.3. The van der Waals surface area contributed by atoms with Crippen molar-refractivity contribution in [3.63, 3.8) is 0 Å². The van der Waals surface area contributed by atoms with Crippen molar-refractivity contribution in [3.8, 4) is 0 Å². The first-order valence-electron chi connectivity index (χ1n) is 6.68. The van der Waals surface area contributed by atoms with Gasteiger partial charge in [0.1, 0.15) is 6.54 Å². The Kier molecular flexibility index (Phi) is 5.90. The zero-order valence-electron chi connectivity index (χ0n) is 12.4. The van der Waals surface area contributed by atoms with Gasteiger partial charge in [0.05, 0.1) is 6.54 Å². The maximum Gasteiger partial charge on any atom is 0.323 e. The molecule has 0 atom stereocenters. The van der Waals surface area contributed by atoms with Crippen LogP contribution in [-0.4, -0.2) is 46.9 Å². The fraction of sp³-hybridized carbons (Fsp3) is 0.400. The first kappa shape index (κ1) is 16.7. The lowest BCUT2D eigenvalue weighted by Gasteiger charge is -2.25. The number of aliphatic carboxylic acids is 1. The molecule has 0 aliphatic carbocycles. The Morgan fingerprint density at radius 3 is 2.38 bits per heavy atom. The highest BCUT2D eigenvalue weighted by Gasteiger charge is 2.20. The van der Waals surface area contributed by atoms with E-state index in [0.717, 1.165) is 5.56 Å². The van der Waals surface area contributed by atoms with Gasteiger partial charge in [0.25, 0.3) is 5.91 Å². The van der Waals surface area contributed by atoms with Crippen LogP contribution in [0.25, 0.3) is 0 Å². The molecule has 6 heteroatoms. The number of carboxylic acid groups (broad SMARTS) is 1. The molecule has 0 aliphatic heterocycles. The van der Waals surface area contributed by atoms with E-state index in [1.807, 2.05) is 19.1 Å². The smallest absolute Gasteiger partial charge is 0.323 e. The van der Waals surface area contributed by atoms with Crippen LogP contribution in [0.1, 0.15) is 29.8 Å². The van der Waals surface area contributed by atoms with Gasteiger partial charge in [-0.05, 0) is 32.4 Å². The summed E-state index contributed by atoms with van der Waals surface area (Å²) >= 11 is 0. The van der Waals surface area contributed by atoms with Crippen LogP contribution in [0.2, 0.25) is 0 Å². The number of carboxylic acids is 1. The summed E-state index contributed by atoms with van der Waals surface area (Å²) in [5, 5.41) is 11.3. The van der Waals surface area contributed by atoms with E-state index in [1.54, 1.807) is 26.0 Å². The quantitative estimate of drug-likeness (QED) is 0.820. The number of nitrogens with one attached hydrogen (secondary N) is 1. The van der Waals surface area contributed by atoms with Gasteiger partial charge in [-0.1, -0.05) is 18.2 Å². The Morgan fingerprint density at radius 1 is 1.24 bits per heavy atom. The Balaban J connectivity index is 2.65. The van der Waals surface area contributed by atoms with Crippen LogP contribution in [0, 0.1) is 6.92 Å². The fourth-order valence-electron chi connectivity index (χ4n) is 1.88. The summed E-state index contributed by atoms with van der Waals surface area (Å²) in [6.45, 7) is 4.66. The summed E-state index contributed by atoms with van der Waals surface area (Å²) in [5.74, 6) is -1.85. The van der Waals surface area contributed by atoms with Gasteiger partial charge >= 0.3 is 5.97 Å². The van der Waals surface area contributed by atoms with Crippen LogP contribution in [0.3, 0.4) is 0 Å². The number of amides is 2. The summed E-state index contributed by atoms with van der Waals surface area (Å²) in [6, 6.07) is 6.80. The maximum atomic E-state index is 12.0. The van der Waals surface area contributed by atoms with E-state index in [9.17, 15) is 14.4 Å². The zero-order chi connectivity index (χ0) is 16.0. The third-order valence-electron chi connectivity index (χ3n) is 3.04. The predicted octanol–water partition coefficient (Wildman–Crippen LogP) is 1.05. The molecule has 2 N–H and O–H groups in total. The molecule has 2 amide bonds. The molecule has 6 nitrogen and oxygen atoms in total. The lowest BCUT2D eigenvalue weighted by atomic mass is 10.1. The molecule has 21 heavy (non-hydrogen) atoms. The number of carbonyl (C=O) groups excluding carboxylic acids is 2. The zero-order valence-corrected chi connectivity index (χ0v) is 12.4. The highest BCUT2D eigenvalue weighted by molar-refractivity contribution is 5.97. The van der Waals surface area contributed by atoms with Gasteiger partial charge < -0.3 is 15.3 Å². The van der Waals surface area contributed by atoms with Crippen LogP contribution in [0.15, 0.2) is 24.3 Å². The second kappa shape index (κ2) is 7.42. The van der Waals surface area contributed by atoms with Crippen LogP contribution >= 0.6 is 0 Å². The number of nitrogens with zero attached hydrogens (tertiary/aromatic N) is 1. The minimum absolute atomic E-state index is 0.224. The minimum Gasteiger partial charge on any atom is -0.480 e. The average Bonchev–Trinajstić information content (AvgIpc) is 2.41. The van der Waals surface area contributed by atoms with Crippen molar-refractivity contribution in [2.45, 2.75) is 26.8 Å². The van der Waals surface area contributed by atoms with Crippen molar-refractivity contribution in [1.82, 2.24) is 10.2 Å². The van der Waals surface area contributed by atoms with Gasteiger partial charge in [0.2, 0.25) is 5.91 Å². The second-order valence-electron chi connectivity index (χ2n) is 5.01. The largest absolute Gasteiger partial charge is 0.480 e. The Hall–Kier alpha value is -2.37. The lowest BCUT2D eigenvalue weighted by Crippen LogP contribution is -2.46. The fourth-order valence-corrected chi connectivity index (χ4v) is 1.88. The van der Waals surface area contributed by atoms with Crippen molar-refractivity contribution in [3.05, 3.63) is 35.4 Å². The number of rotatable bonds is 6. The lowest BCUT2D eigenvalue weighted by molar-refractivity contribution is -0.145. The summed E-state index contributed by atoms with van der Waals surface area (Å²) in [6.07, 6.45) is 0. The number of carbonyl (C=O) groups is 3. The molecule has 0 aliphatic rings. The molecular formula is C15H20N2O4. The highest BCUT2D eigenvalue weighted by Crippen LogP contribution is 2.06. The van der Waals surface area contributed by atoms with Crippen molar-refractivity contribution >= 4 is 17.8 Å². The van der Waals surface area contributed by atoms with E-state index in [0.29, 0.717) is 5.56 Å². The Bertz CT molecular complexity index is 540. The van der Waals surface area contributed by atoms with Crippen molar-refractivity contribution < 1.29 is 19.5 Å². The highest BCUT2D eigenvalue weighted by atomic mass is 16.4. The van der Waals surface area contributed by atoms with E-state index < -0.39 is 11.9 Å². The van der Waals surface area contributed by atoms with Gasteiger partial charge in [-0.3, -0.25) is 14.4 Å². The average molecular weight is 292 g/mol. The molecule has 0 aromatic heterocycles. The molecule has 114 valence electrons. The van der Waals surface area contributed by atoms with Crippen molar-refractivity contribution in [2.24, 2.45) is 0 Å². The molecule has 0 spiro atoms. The molecule has 0 saturated heterocycles. The standard InChI is InChI=1S/C15H20N2O4/c1-10(2)17(9-14(19)20)13(18)8-16-15(21)12-7-5-4-6-11(12)3/h4-7,10H,8-9H2,1-3H3,(H,16,21)(H,19,20). The van der Waals surface area contributed by atoms with Gasteiger partial charge in [0, 0.05) is 11.6 Å². The van der Waals surface area contributed by atoms with E-state index in [2.05, 4.69) is 5.32 Å². The summed E-state index contributed by atoms with van der Waals surface area (Å²) in [4.78, 5) is 35.9. The second-order valence-corrected chi connectivity index (χ2v) is 5.01. The molecule has 0 radical (unpaired) electrons. The van der Waals surface area contributed by atoms with Gasteiger partial charge in [-0.15, -0.1) is 0 Å². The van der Waals surface area contributed by atoms with Crippen LogP contribution < -0.4 is 5.32 Å². The number of hydrogen-bond donors (Lipinski definition) is 2. The Morgan fingerprint density at radius 2 is 1.86 bits per heavy atom. The third-order valence-corrected chi connectivity index (χ3v) is 3.04. The maximum absolute atomic E-state index is 12.0. The first-order chi connectivity index (χ1) is 9.82. The Labute approximate surface area is 123 Å². The minimum atomic E-state index is -1.08. The summed E-state index contributed by atoms with van der Waals surface area (Å²) < 4.78 is 0. The molecule has 0 bridgehead atoms. The number of aryl methyl sites for hydroxylation is 1. The molecule has 1 aromatic carbocycles. The molecule has 0 fully saturated rings. The number of hydrogen-bond acceptors (Lipinski definition) is 3. The first-order valence-corrected chi connectivity index (χ1v) is 6.68. The molecule has 1 rings (SSSR count). The monoisotopic (exact) mass is 292 g/mol. The van der Waals surface area contributed by atoms with Gasteiger partial charge in [0.15, 0.2) is 0 Å². The van der Waals surface area contributed by atoms with Gasteiger partial charge in [-0.25, -0.2) is 0 Å². The van der Waals surface area contributed by atoms with Gasteiger partial charge in [-0.2, -0.15) is 0 Å². The van der Waals surface area contributed by atoms with Crippen LogP contribution in [0.5, 0.6) is 0 Å². The summed E-state index contributed by atoms with van der Waals surface area (Å²) in [5.41, 5.74) is 1.31. The van der Waals surface area contributed by atoms with E-state index in [-0.39, 0.29) is 25.0 Å². The topological polar surface area (TPSA) is 86.7 Å². The molecule has 0 heterocycles. The SMILES string of the molecule is Cc1ccccc1C(=O)NCC(=O)N(CC(=O)O)C(C)C. The third kappa shape index (κ3) is 4.91. The van der Waals surface area contributed by atoms with E-state index in [1.165, 1.54) is 4.90 Å². The van der Waals surface area contributed by atoms with E-state index in [4.69, 9.17) is 5.11 Å². The van der Waals surface area contributed by atoms with Crippen molar-refractivity contribution in [2.75, 3.05) is 13.1 Å². The van der Waals surface area contributed by atoms with Crippen molar-refractivity contribution in [1.29, 1.82) is 0 Å². The molecule has 0 unspecified atom stereocenters. The number of benzene rings is 1. The van der Waals surface area contributed by atoms with E-state index >= 15 is 0 Å². The predicted molar refractivity (Wildman–Crippen MR) is 78.0 cm³/mol. The molecule has 0 saturated carbocycles. The van der Waals surface area contributed by atoms with Crippen LogP contribution in [0.4, 0.5) is 0 Å². The molecular weight excluding hydrogens is 272 g/mol. The summed E-state index contributed by atoms with van der Waals surface area (Å²) in [7, 11) is 0.